The first-order valence-corrected chi connectivity index (χ1v) is 7.61. The summed E-state index contributed by atoms with van der Waals surface area (Å²) in [5, 5.41) is 8.92. The second-order valence-electron chi connectivity index (χ2n) is 4.45. The third-order valence-corrected chi connectivity index (χ3v) is 4.18. The Balaban J connectivity index is 2.55. The van der Waals surface area contributed by atoms with Gasteiger partial charge in [0.2, 0.25) is 0 Å². The lowest BCUT2D eigenvalue weighted by atomic mass is 10.2. The summed E-state index contributed by atoms with van der Waals surface area (Å²) < 4.78 is 23.5. The molecule has 0 spiro atoms. The number of carboxylic acid groups (broad SMARTS) is 1. The molecular weight excluding hydrogens is 254 g/mol. The van der Waals surface area contributed by atoms with Crippen molar-refractivity contribution in [3.8, 4) is 0 Å². The minimum atomic E-state index is -3.43. The van der Waals surface area contributed by atoms with Gasteiger partial charge in [-0.15, -0.1) is 0 Å². The zero-order valence-electron chi connectivity index (χ0n) is 10.1. The van der Waals surface area contributed by atoms with Crippen LogP contribution in [0.4, 0.5) is 5.69 Å². The first-order valence-electron chi connectivity index (χ1n) is 5.72. The van der Waals surface area contributed by atoms with Gasteiger partial charge in [0.05, 0.1) is 16.1 Å². The van der Waals surface area contributed by atoms with Crippen molar-refractivity contribution in [2.24, 2.45) is 0 Å². The molecule has 18 heavy (non-hydrogen) atoms. The van der Waals surface area contributed by atoms with Crippen LogP contribution in [0.3, 0.4) is 0 Å². The summed E-state index contributed by atoms with van der Waals surface area (Å²) in [6.45, 7) is 1.63. The van der Waals surface area contributed by atoms with Crippen molar-refractivity contribution in [1.82, 2.24) is 0 Å². The van der Waals surface area contributed by atoms with Crippen molar-refractivity contribution >= 4 is 21.5 Å². The molecule has 1 saturated heterocycles. The highest BCUT2D eigenvalue weighted by Gasteiger charge is 2.22. The van der Waals surface area contributed by atoms with E-state index in [1.165, 1.54) is 12.1 Å². The fourth-order valence-electron chi connectivity index (χ4n) is 2.16. The molecule has 2 rings (SSSR count). The maximum atomic E-state index is 11.8. The van der Waals surface area contributed by atoms with E-state index in [0.717, 1.165) is 32.2 Å². The number of rotatable bonds is 3. The number of anilines is 1. The van der Waals surface area contributed by atoms with Crippen LogP contribution in [0.15, 0.2) is 23.1 Å². The van der Waals surface area contributed by atoms with E-state index in [0.29, 0.717) is 5.69 Å². The molecule has 0 aromatic heterocycles. The highest BCUT2D eigenvalue weighted by molar-refractivity contribution is 7.90. The van der Waals surface area contributed by atoms with Crippen LogP contribution in [-0.2, 0) is 9.84 Å². The molecule has 1 aromatic rings. The molecule has 1 heterocycles. The van der Waals surface area contributed by atoms with Crippen LogP contribution in [0.5, 0.6) is 0 Å². The third kappa shape index (κ3) is 2.48. The van der Waals surface area contributed by atoms with E-state index in [1.807, 2.05) is 4.90 Å². The second-order valence-corrected chi connectivity index (χ2v) is 6.44. The predicted octanol–water partition coefficient (Wildman–Crippen LogP) is 1.39. The highest BCUT2D eigenvalue weighted by atomic mass is 32.2. The van der Waals surface area contributed by atoms with Crippen molar-refractivity contribution in [1.29, 1.82) is 0 Å². The maximum absolute atomic E-state index is 11.8. The minimum absolute atomic E-state index is 0.00151. The van der Waals surface area contributed by atoms with Gasteiger partial charge < -0.3 is 10.0 Å². The van der Waals surface area contributed by atoms with Crippen LogP contribution in [0.2, 0.25) is 0 Å². The molecule has 1 aromatic carbocycles. The summed E-state index contributed by atoms with van der Waals surface area (Å²) in [4.78, 5) is 13.0. The molecular formula is C12H15NO4S. The number of carbonyl (C=O) groups is 1. The van der Waals surface area contributed by atoms with Crippen molar-refractivity contribution < 1.29 is 18.3 Å². The van der Waals surface area contributed by atoms with Crippen molar-refractivity contribution in [2.75, 3.05) is 24.2 Å². The molecule has 6 heteroatoms. The fraction of sp³-hybridized carbons (Fsp3) is 0.417. The number of aromatic carboxylic acids is 1. The van der Waals surface area contributed by atoms with Crippen LogP contribution in [0, 0.1) is 0 Å². The number of nitrogens with zero attached hydrogens (tertiary/aromatic N) is 1. The summed E-state index contributed by atoms with van der Waals surface area (Å²) in [5.41, 5.74) is 0.610. The van der Waals surface area contributed by atoms with Crippen LogP contribution in [0.25, 0.3) is 0 Å². The topological polar surface area (TPSA) is 74.7 Å². The third-order valence-electron chi connectivity index (χ3n) is 3.05. The van der Waals surface area contributed by atoms with E-state index in [1.54, 1.807) is 6.07 Å². The lowest BCUT2D eigenvalue weighted by Crippen LogP contribution is -2.20. The zero-order valence-corrected chi connectivity index (χ0v) is 10.9. The predicted molar refractivity (Wildman–Crippen MR) is 68.0 cm³/mol. The first kappa shape index (κ1) is 12.9. The highest BCUT2D eigenvalue weighted by Crippen LogP contribution is 2.29. The van der Waals surface area contributed by atoms with Gasteiger partial charge in [0.1, 0.15) is 0 Å². The van der Waals surface area contributed by atoms with E-state index >= 15 is 0 Å². The van der Waals surface area contributed by atoms with Gasteiger partial charge in [0.25, 0.3) is 0 Å². The Morgan fingerprint density at radius 1 is 1.28 bits per heavy atom. The van der Waals surface area contributed by atoms with Gasteiger partial charge in [-0.25, -0.2) is 13.2 Å². The molecule has 0 unspecified atom stereocenters. The number of hydrogen-bond acceptors (Lipinski definition) is 4. The molecule has 0 amide bonds. The number of benzene rings is 1. The number of sulfone groups is 1. The normalized spacial score (nSPS) is 15.9. The Morgan fingerprint density at radius 3 is 2.39 bits per heavy atom. The average molecular weight is 269 g/mol. The Bertz CT molecular complexity index is 574. The van der Waals surface area contributed by atoms with Crippen molar-refractivity contribution in [3.05, 3.63) is 23.8 Å². The summed E-state index contributed by atoms with van der Waals surface area (Å²) in [5.74, 6) is -1.12. The van der Waals surface area contributed by atoms with E-state index in [-0.39, 0.29) is 10.5 Å². The number of hydrogen-bond donors (Lipinski definition) is 1. The summed E-state index contributed by atoms with van der Waals surface area (Å²) in [6.07, 6.45) is 3.17. The quantitative estimate of drug-likeness (QED) is 0.897. The molecule has 1 aliphatic heterocycles. The van der Waals surface area contributed by atoms with Gasteiger partial charge in [-0.3, -0.25) is 0 Å². The van der Waals surface area contributed by atoms with Crippen molar-refractivity contribution in [2.45, 2.75) is 17.7 Å². The van der Waals surface area contributed by atoms with Crippen LogP contribution in [0.1, 0.15) is 23.2 Å². The standard InChI is InChI=1S/C12H15NO4S/c1-18(16,17)11-8-9(12(14)15)4-5-10(11)13-6-2-3-7-13/h4-5,8H,2-3,6-7H2,1H3,(H,14,15). The Morgan fingerprint density at radius 2 is 1.89 bits per heavy atom. The molecule has 0 aliphatic carbocycles. The Labute approximate surface area is 106 Å². The Kier molecular flexibility index (Phi) is 3.30. The van der Waals surface area contributed by atoms with Crippen molar-refractivity contribution in [3.63, 3.8) is 0 Å². The largest absolute Gasteiger partial charge is 0.478 e. The van der Waals surface area contributed by atoms with Gasteiger partial charge in [0.15, 0.2) is 9.84 Å². The molecule has 5 nitrogen and oxygen atoms in total. The summed E-state index contributed by atoms with van der Waals surface area (Å²) in [7, 11) is -3.43. The smallest absolute Gasteiger partial charge is 0.335 e. The van der Waals surface area contributed by atoms with Crippen LogP contribution >= 0.6 is 0 Å². The van der Waals surface area contributed by atoms with Gasteiger partial charge >= 0.3 is 5.97 Å². The second kappa shape index (κ2) is 4.61. The van der Waals surface area contributed by atoms with Gasteiger partial charge in [0, 0.05) is 19.3 Å². The lowest BCUT2D eigenvalue weighted by molar-refractivity contribution is 0.0696. The SMILES string of the molecule is CS(=O)(=O)c1cc(C(=O)O)ccc1N1CCCC1. The first-order chi connectivity index (χ1) is 8.39. The fourth-order valence-corrected chi connectivity index (χ4v) is 3.08. The van der Waals surface area contributed by atoms with E-state index < -0.39 is 15.8 Å². The van der Waals surface area contributed by atoms with Gasteiger partial charge in [-0.1, -0.05) is 0 Å². The molecule has 0 atom stereocenters. The van der Waals surface area contributed by atoms with E-state index in [4.69, 9.17) is 5.11 Å². The van der Waals surface area contributed by atoms with E-state index in [9.17, 15) is 13.2 Å². The molecule has 0 saturated carbocycles. The van der Waals surface area contributed by atoms with E-state index in [2.05, 4.69) is 0 Å². The van der Waals surface area contributed by atoms with Gasteiger partial charge in [-0.2, -0.15) is 0 Å². The molecule has 0 radical (unpaired) electrons. The molecule has 1 N–H and O–H groups in total. The molecule has 98 valence electrons. The summed E-state index contributed by atoms with van der Waals surface area (Å²) >= 11 is 0. The average Bonchev–Trinajstić information content (AvgIpc) is 2.80. The molecule has 1 aliphatic rings. The Hall–Kier alpha value is -1.56. The molecule has 1 fully saturated rings. The number of carboxylic acids is 1. The maximum Gasteiger partial charge on any atom is 0.335 e. The van der Waals surface area contributed by atoms with Gasteiger partial charge in [-0.05, 0) is 31.0 Å². The minimum Gasteiger partial charge on any atom is -0.478 e. The zero-order chi connectivity index (χ0) is 13.3. The van der Waals surface area contributed by atoms with Crippen LogP contribution in [-0.4, -0.2) is 38.8 Å². The van der Waals surface area contributed by atoms with Crippen LogP contribution < -0.4 is 4.90 Å². The molecule has 0 bridgehead atoms. The lowest BCUT2D eigenvalue weighted by Gasteiger charge is -2.20. The monoisotopic (exact) mass is 269 g/mol. The summed E-state index contributed by atoms with van der Waals surface area (Å²) in [6, 6.07) is 4.28.